The first kappa shape index (κ1) is 19.8. The van der Waals surface area contributed by atoms with Crippen molar-refractivity contribution < 1.29 is 14.0 Å². The fourth-order valence-electron chi connectivity index (χ4n) is 2.43. The normalized spacial score (nSPS) is 10.6. The molecular weight excluding hydrogens is 371 g/mol. The summed E-state index contributed by atoms with van der Waals surface area (Å²) in [5.74, 6) is -0.906. The molecule has 0 fully saturated rings. The molecule has 7 heteroatoms. The molecule has 0 aliphatic rings. The molecule has 146 valence electrons. The number of carbonyl (C=O) groups excluding carboxylic acids is 2. The van der Waals surface area contributed by atoms with Gasteiger partial charge in [0.15, 0.2) is 0 Å². The van der Waals surface area contributed by atoms with Crippen molar-refractivity contribution in [1.29, 1.82) is 0 Å². The summed E-state index contributed by atoms with van der Waals surface area (Å²) >= 11 is 0. The molecule has 0 atom stereocenters. The third kappa shape index (κ3) is 5.74. The number of nitrogens with one attached hydrogen (secondary N) is 3. The van der Waals surface area contributed by atoms with Gasteiger partial charge in [0.2, 0.25) is 0 Å². The largest absolute Gasteiger partial charge is 0.323 e. The van der Waals surface area contributed by atoms with Gasteiger partial charge in [0, 0.05) is 11.3 Å². The molecule has 6 nitrogen and oxygen atoms in total. The second-order valence-corrected chi connectivity index (χ2v) is 6.25. The number of aryl methyl sites for hydroxylation is 1. The van der Waals surface area contributed by atoms with Gasteiger partial charge in [-0.3, -0.25) is 4.79 Å². The molecule has 3 aromatic rings. The van der Waals surface area contributed by atoms with Crippen molar-refractivity contribution in [2.24, 2.45) is 5.10 Å². The maximum Gasteiger partial charge on any atom is 0.323 e. The number of hydrazone groups is 1. The summed E-state index contributed by atoms with van der Waals surface area (Å²) in [6.45, 7) is 1.99. The minimum absolute atomic E-state index is 0.0763. The zero-order valence-electron chi connectivity index (χ0n) is 15.6. The molecule has 0 heterocycles. The average molecular weight is 390 g/mol. The van der Waals surface area contributed by atoms with E-state index in [1.54, 1.807) is 36.5 Å². The van der Waals surface area contributed by atoms with Crippen LogP contribution in [-0.4, -0.2) is 18.2 Å². The topological polar surface area (TPSA) is 82.6 Å². The number of benzene rings is 3. The van der Waals surface area contributed by atoms with E-state index >= 15 is 0 Å². The van der Waals surface area contributed by atoms with Crippen molar-refractivity contribution >= 4 is 29.5 Å². The molecule has 0 bridgehead atoms. The van der Waals surface area contributed by atoms with E-state index in [-0.39, 0.29) is 11.6 Å². The number of anilines is 2. The molecule has 0 unspecified atom stereocenters. The number of urea groups is 1. The van der Waals surface area contributed by atoms with Crippen LogP contribution in [0.2, 0.25) is 0 Å². The van der Waals surface area contributed by atoms with Gasteiger partial charge < -0.3 is 10.6 Å². The fraction of sp³-hybridized carbons (Fsp3) is 0.0455. The monoisotopic (exact) mass is 390 g/mol. The number of hydrogen-bond acceptors (Lipinski definition) is 3. The highest BCUT2D eigenvalue weighted by molar-refractivity contribution is 6.00. The molecule has 0 aliphatic heterocycles. The Kier molecular flexibility index (Phi) is 6.32. The van der Waals surface area contributed by atoms with Crippen LogP contribution in [0.3, 0.4) is 0 Å². The minimum Gasteiger partial charge on any atom is -0.308 e. The molecule has 0 saturated heterocycles. The molecule has 0 aliphatic carbocycles. The van der Waals surface area contributed by atoms with E-state index in [9.17, 15) is 14.0 Å². The summed E-state index contributed by atoms with van der Waals surface area (Å²) in [5.41, 5.74) is 5.38. The quantitative estimate of drug-likeness (QED) is 0.441. The first-order chi connectivity index (χ1) is 14.0. The van der Waals surface area contributed by atoms with Gasteiger partial charge in [0.1, 0.15) is 5.82 Å². The van der Waals surface area contributed by atoms with Gasteiger partial charge in [-0.15, -0.1) is 0 Å². The van der Waals surface area contributed by atoms with Crippen LogP contribution in [0.1, 0.15) is 21.5 Å². The Labute approximate surface area is 167 Å². The molecule has 0 radical (unpaired) electrons. The summed E-state index contributed by atoms with van der Waals surface area (Å²) in [7, 11) is 0. The van der Waals surface area contributed by atoms with E-state index in [0.717, 1.165) is 11.1 Å². The molecule has 3 amide bonds. The molecule has 3 aromatic carbocycles. The van der Waals surface area contributed by atoms with Crippen LogP contribution in [0, 0.1) is 12.7 Å². The van der Waals surface area contributed by atoms with E-state index < -0.39 is 11.8 Å². The lowest BCUT2D eigenvalue weighted by Gasteiger charge is -2.08. The number of amides is 3. The third-order valence-electron chi connectivity index (χ3n) is 3.98. The van der Waals surface area contributed by atoms with Gasteiger partial charge in [-0.25, -0.2) is 14.6 Å². The molecule has 0 aromatic heterocycles. The smallest absolute Gasteiger partial charge is 0.308 e. The van der Waals surface area contributed by atoms with Crippen molar-refractivity contribution in [3.8, 4) is 0 Å². The lowest BCUT2D eigenvalue weighted by Crippen LogP contribution is -2.20. The first-order valence-corrected chi connectivity index (χ1v) is 8.84. The summed E-state index contributed by atoms with van der Waals surface area (Å²) in [4.78, 5) is 24.1. The van der Waals surface area contributed by atoms with Gasteiger partial charge >= 0.3 is 6.03 Å². The van der Waals surface area contributed by atoms with Gasteiger partial charge in [-0.1, -0.05) is 42.0 Å². The second-order valence-electron chi connectivity index (χ2n) is 6.25. The van der Waals surface area contributed by atoms with Gasteiger partial charge in [-0.2, -0.15) is 5.10 Å². The lowest BCUT2D eigenvalue weighted by molar-refractivity contribution is 0.0955. The highest BCUT2D eigenvalue weighted by atomic mass is 19.1. The molecule has 29 heavy (non-hydrogen) atoms. The number of para-hydroxylation sites is 1. The molecular formula is C22H19FN4O2. The van der Waals surface area contributed by atoms with Crippen LogP contribution in [0.15, 0.2) is 77.9 Å². The van der Waals surface area contributed by atoms with Crippen molar-refractivity contribution in [2.75, 3.05) is 10.6 Å². The molecule has 0 saturated carbocycles. The summed E-state index contributed by atoms with van der Waals surface area (Å²) in [6.07, 6.45) is 1.56. The Morgan fingerprint density at radius 3 is 2.28 bits per heavy atom. The Morgan fingerprint density at radius 2 is 1.59 bits per heavy atom. The predicted molar refractivity (Wildman–Crippen MR) is 112 cm³/mol. The third-order valence-corrected chi connectivity index (χ3v) is 3.98. The Bertz CT molecular complexity index is 1030. The van der Waals surface area contributed by atoms with Crippen molar-refractivity contribution in [2.45, 2.75) is 6.92 Å². The summed E-state index contributed by atoms with van der Waals surface area (Å²) in [6, 6.07) is 19.2. The summed E-state index contributed by atoms with van der Waals surface area (Å²) < 4.78 is 13.6. The van der Waals surface area contributed by atoms with Crippen LogP contribution in [0.25, 0.3) is 0 Å². The molecule has 0 spiro atoms. The van der Waals surface area contributed by atoms with Crippen molar-refractivity contribution in [3.63, 3.8) is 0 Å². The highest BCUT2D eigenvalue weighted by Crippen LogP contribution is 2.14. The van der Waals surface area contributed by atoms with E-state index in [0.29, 0.717) is 11.3 Å². The van der Waals surface area contributed by atoms with Crippen LogP contribution < -0.4 is 16.1 Å². The van der Waals surface area contributed by atoms with Gasteiger partial charge in [0.25, 0.3) is 5.91 Å². The maximum atomic E-state index is 13.6. The van der Waals surface area contributed by atoms with Gasteiger partial charge in [0.05, 0.1) is 11.9 Å². The van der Waals surface area contributed by atoms with Crippen LogP contribution in [-0.2, 0) is 0 Å². The van der Waals surface area contributed by atoms with Crippen LogP contribution in [0.4, 0.5) is 20.6 Å². The lowest BCUT2D eigenvalue weighted by atomic mass is 10.2. The van der Waals surface area contributed by atoms with Gasteiger partial charge in [-0.05, 0) is 48.9 Å². The first-order valence-electron chi connectivity index (χ1n) is 8.84. The number of hydrogen-bond donors (Lipinski definition) is 3. The molecule has 3 N–H and O–H groups in total. The number of carbonyl (C=O) groups is 2. The average Bonchev–Trinajstić information content (AvgIpc) is 2.71. The number of halogens is 1. The maximum absolute atomic E-state index is 13.6. The predicted octanol–water partition coefficient (Wildman–Crippen LogP) is 4.54. The van der Waals surface area contributed by atoms with Crippen molar-refractivity contribution in [1.82, 2.24) is 5.43 Å². The number of nitrogens with zero attached hydrogens (tertiary/aromatic N) is 1. The second kappa shape index (κ2) is 9.27. The Morgan fingerprint density at radius 1 is 0.897 bits per heavy atom. The zero-order valence-corrected chi connectivity index (χ0v) is 15.6. The number of rotatable bonds is 5. The Balaban J connectivity index is 1.53. The molecule has 3 rings (SSSR count). The Hall–Kier alpha value is -4.00. The van der Waals surface area contributed by atoms with E-state index in [1.807, 2.05) is 31.2 Å². The summed E-state index contributed by atoms with van der Waals surface area (Å²) in [5, 5.41) is 8.93. The fourth-order valence-corrected chi connectivity index (χ4v) is 2.43. The van der Waals surface area contributed by atoms with E-state index in [1.165, 1.54) is 18.2 Å². The van der Waals surface area contributed by atoms with Crippen LogP contribution >= 0.6 is 0 Å². The minimum atomic E-state index is -0.588. The van der Waals surface area contributed by atoms with E-state index in [4.69, 9.17) is 0 Å². The van der Waals surface area contributed by atoms with Crippen molar-refractivity contribution in [3.05, 3.63) is 95.3 Å². The van der Waals surface area contributed by atoms with Crippen LogP contribution in [0.5, 0.6) is 0 Å². The zero-order chi connectivity index (χ0) is 20.6. The standard InChI is InChI=1S/C22H19FN4O2/c1-15-6-8-16(9-7-15)14-24-27-21(28)17-10-12-18(13-11-17)25-22(29)26-20-5-3-2-4-19(20)23/h2-14H,1H3,(H,27,28)(H2,25,26,29)/b24-14-. The highest BCUT2D eigenvalue weighted by Gasteiger charge is 2.08. The van der Waals surface area contributed by atoms with E-state index in [2.05, 4.69) is 21.2 Å². The SMILES string of the molecule is Cc1ccc(/C=N\NC(=O)c2ccc(NC(=O)Nc3ccccc3F)cc2)cc1.